The first kappa shape index (κ1) is 15.7. The Balaban J connectivity index is 1.68. The van der Waals surface area contributed by atoms with Gasteiger partial charge in [0.05, 0.1) is 13.2 Å². The minimum absolute atomic E-state index is 0.274. The van der Waals surface area contributed by atoms with Gasteiger partial charge in [-0.1, -0.05) is 20.3 Å². The number of rotatable bonds is 6. The molecule has 122 valence electrons. The van der Waals surface area contributed by atoms with Crippen molar-refractivity contribution in [2.45, 2.75) is 70.2 Å². The molecule has 1 spiro atoms. The minimum Gasteiger partial charge on any atom is -0.347 e. The van der Waals surface area contributed by atoms with Crippen LogP contribution in [0.5, 0.6) is 0 Å². The molecule has 1 aliphatic heterocycles. The Morgan fingerprint density at radius 1 is 1.14 bits per heavy atom. The molecule has 2 unspecified atom stereocenters. The van der Waals surface area contributed by atoms with Crippen molar-refractivity contribution in [2.75, 3.05) is 32.8 Å². The first-order chi connectivity index (χ1) is 10.3. The lowest BCUT2D eigenvalue weighted by Crippen LogP contribution is -2.58. The molecule has 4 nitrogen and oxygen atoms in total. The Morgan fingerprint density at radius 2 is 1.90 bits per heavy atom. The van der Waals surface area contributed by atoms with Gasteiger partial charge in [-0.2, -0.15) is 0 Å². The topological polar surface area (TPSA) is 33.7 Å². The molecule has 0 aromatic carbocycles. The van der Waals surface area contributed by atoms with Gasteiger partial charge in [-0.25, -0.2) is 0 Å². The van der Waals surface area contributed by atoms with Crippen molar-refractivity contribution in [3.63, 3.8) is 0 Å². The highest BCUT2D eigenvalue weighted by molar-refractivity contribution is 4.97. The van der Waals surface area contributed by atoms with Crippen LogP contribution in [0.25, 0.3) is 0 Å². The molecule has 1 N–H and O–H groups in total. The average Bonchev–Trinajstić information content (AvgIpc) is 2.89. The van der Waals surface area contributed by atoms with Crippen LogP contribution in [0.2, 0.25) is 0 Å². The highest BCUT2D eigenvalue weighted by Crippen LogP contribution is 2.39. The molecule has 1 saturated heterocycles. The van der Waals surface area contributed by atoms with Gasteiger partial charge >= 0.3 is 0 Å². The highest BCUT2D eigenvalue weighted by Gasteiger charge is 2.46. The maximum atomic E-state index is 6.00. The SMILES string of the molecule is CCNC1CCC2(CC1N(CC)CC1CCC1)OCCO2. The van der Waals surface area contributed by atoms with Crippen molar-refractivity contribution in [1.29, 1.82) is 0 Å². The van der Waals surface area contributed by atoms with Gasteiger partial charge in [0.25, 0.3) is 0 Å². The number of nitrogens with zero attached hydrogens (tertiary/aromatic N) is 1. The molecule has 2 atom stereocenters. The number of hydrogen-bond donors (Lipinski definition) is 1. The standard InChI is InChI=1S/C17H32N2O2/c1-3-18-15-8-9-17(20-10-11-21-17)12-16(15)19(4-2)13-14-6-5-7-14/h14-16,18H,3-13H2,1-2H3. The van der Waals surface area contributed by atoms with E-state index in [9.17, 15) is 0 Å². The van der Waals surface area contributed by atoms with Gasteiger partial charge in [0.2, 0.25) is 0 Å². The summed E-state index contributed by atoms with van der Waals surface area (Å²) in [5.74, 6) is 0.652. The van der Waals surface area contributed by atoms with E-state index < -0.39 is 0 Å². The molecule has 3 rings (SSSR count). The monoisotopic (exact) mass is 296 g/mol. The fourth-order valence-corrected chi connectivity index (χ4v) is 4.28. The molecule has 1 heterocycles. The Labute approximate surface area is 129 Å². The molecule has 0 radical (unpaired) electrons. The van der Waals surface area contributed by atoms with Crippen molar-refractivity contribution in [2.24, 2.45) is 5.92 Å². The van der Waals surface area contributed by atoms with Crippen molar-refractivity contribution in [3.05, 3.63) is 0 Å². The first-order valence-corrected chi connectivity index (χ1v) is 9.01. The second-order valence-corrected chi connectivity index (χ2v) is 6.97. The average molecular weight is 296 g/mol. The summed E-state index contributed by atoms with van der Waals surface area (Å²) in [6, 6.07) is 1.15. The zero-order valence-electron chi connectivity index (χ0n) is 13.8. The van der Waals surface area contributed by atoms with Gasteiger partial charge in [0.15, 0.2) is 5.79 Å². The van der Waals surface area contributed by atoms with E-state index in [-0.39, 0.29) is 5.79 Å². The van der Waals surface area contributed by atoms with Crippen LogP contribution in [0.4, 0.5) is 0 Å². The van der Waals surface area contributed by atoms with Gasteiger partial charge in [-0.15, -0.1) is 0 Å². The van der Waals surface area contributed by atoms with Crippen LogP contribution in [-0.4, -0.2) is 55.6 Å². The lowest BCUT2D eigenvalue weighted by molar-refractivity contribution is -0.194. The van der Waals surface area contributed by atoms with Crippen LogP contribution in [0.1, 0.15) is 52.4 Å². The molecule has 0 aromatic heterocycles. The summed E-state index contributed by atoms with van der Waals surface area (Å²) < 4.78 is 12.0. The zero-order valence-corrected chi connectivity index (χ0v) is 13.8. The van der Waals surface area contributed by atoms with Gasteiger partial charge in [0.1, 0.15) is 0 Å². The predicted molar refractivity (Wildman–Crippen MR) is 84.3 cm³/mol. The highest BCUT2D eigenvalue weighted by atomic mass is 16.7. The van der Waals surface area contributed by atoms with Gasteiger partial charge < -0.3 is 14.8 Å². The Bertz CT molecular complexity index is 327. The third-order valence-corrected chi connectivity index (χ3v) is 5.69. The molecule has 0 amide bonds. The first-order valence-electron chi connectivity index (χ1n) is 9.01. The fourth-order valence-electron chi connectivity index (χ4n) is 4.28. The number of nitrogens with one attached hydrogen (secondary N) is 1. The van der Waals surface area contributed by atoms with E-state index in [4.69, 9.17) is 9.47 Å². The number of likely N-dealkylation sites (N-methyl/N-ethyl adjacent to an activating group) is 2. The molecule has 3 fully saturated rings. The normalized spacial score (nSPS) is 32.7. The van der Waals surface area contributed by atoms with E-state index >= 15 is 0 Å². The molecule has 3 aliphatic rings. The lowest BCUT2D eigenvalue weighted by Gasteiger charge is -2.47. The van der Waals surface area contributed by atoms with E-state index in [0.29, 0.717) is 12.1 Å². The summed E-state index contributed by atoms with van der Waals surface area (Å²) in [7, 11) is 0. The van der Waals surface area contributed by atoms with Gasteiger partial charge in [0, 0.05) is 31.5 Å². The van der Waals surface area contributed by atoms with Crippen molar-refractivity contribution < 1.29 is 9.47 Å². The van der Waals surface area contributed by atoms with E-state index in [1.165, 1.54) is 32.2 Å². The van der Waals surface area contributed by atoms with Crippen LogP contribution >= 0.6 is 0 Å². The molecular formula is C17H32N2O2. The predicted octanol–water partition coefficient (Wildman–Crippen LogP) is 2.38. The van der Waals surface area contributed by atoms with E-state index in [1.807, 2.05) is 0 Å². The molecule has 0 bridgehead atoms. The van der Waals surface area contributed by atoms with E-state index in [2.05, 4.69) is 24.1 Å². The molecule has 0 aromatic rings. The summed E-state index contributed by atoms with van der Waals surface area (Å²) >= 11 is 0. The van der Waals surface area contributed by atoms with Crippen LogP contribution in [0.15, 0.2) is 0 Å². The second kappa shape index (κ2) is 6.95. The van der Waals surface area contributed by atoms with E-state index in [1.54, 1.807) is 0 Å². The second-order valence-electron chi connectivity index (χ2n) is 6.97. The Kier molecular flexibility index (Phi) is 5.20. The van der Waals surface area contributed by atoms with Crippen molar-refractivity contribution in [3.8, 4) is 0 Å². The van der Waals surface area contributed by atoms with Crippen LogP contribution in [0, 0.1) is 5.92 Å². The maximum absolute atomic E-state index is 6.00. The van der Waals surface area contributed by atoms with E-state index in [0.717, 1.165) is 45.1 Å². The van der Waals surface area contributed by atoms with Crippen LogP contribution in [-0.2, 0) is 9.47 Å². The molecule has 4 heteroatoms. The summed E-state index contributed by atoms with van der Waals surface area (Å²) in [4.78, 5) is 2.70. The lowest BCUT2D eigenvalue weighted by atomic mass is 9.81. The van der Waals surface area contributed by atoms with Crippen LogP contribution < -0.4 is 5.32 Å². The Morgan fingerprint density at radius 3 is 2.48 bits per heavy atom. The smallest absolute Gasteiger partial charge is 0.170 e. The van der Waals surface area contributed by atoms with Crippen molar-refractivity contribution in [1.82, 2.24) is 10.2 Å². The maximum Gasteiger partial charge on any atom is 0.170 e. The summed E-state index contributed by atoms with van der Waals surface area (Å²) in [6.07, 6.45) is 7.52. The van der Waals surface area contributed by atoms with Gasteiger partial charge in [-0.3, -0.25) is 4.90 Å². The number of ether oxygens (including phenoxy) is 2. The zero-order chi connectivity index (χ0) is 14.7. The largest absolute Gasteiger partial charge is 0.347 e. The third-order valence-electron chi connectivity index (χ3n) is 5.69. The van der Waals surface area contributed by atoms with Crippen molar-refractivity contribution >= 4 is 0 Å². The fraction of sp³-hybridized carbons (Fsp3) is 1.00. The summed E-state index contributed by atoms with van der Waals surface area (Å²) in [5, 5.41) is 3.71. The summed E-state index contributed by atoms with van der Waals surface area (Å²) in [6.45, 7) is 9.52. The minimum atomic E-state index is -0.274. The number of hydrogen-bond acceptors (Lipinski definition) is 4. The molecule has 2 aliphatic carbocycles. The molecular weight excluding hydrogens is 264 g/mol. The molecule has 2 saturated carbocycles. The van der Waals surface area contributed by atoms with Gasteiger partial charge in [-0.05, 0) is 38.3 Å². The third kappa shape index (κ3) is 3.44. The Hall–Kier alpha value is -0.160. The quantitative estimate of drug-likeness (QED) is 0.816. The van der Waals surface area contributed by atoms with Crippen LogP contribution in [0.3, 0.4) is 0 Å². The molecule has 21 heavy (non-hydrogen) atoms. The summed E-state index contributed by atoms with van der Waals surface area (Å²) in [5.41, 5.74) is 0.